The molecule has 0 saturated carbocycles. The number of halogens is 1. The molecule has 0 aromatic carbocycles. The van der Waals surface area contributed by atoms with Crippen LogP contribution >= 0.6 is 22.9 Å². The molecule has 1 heterocycles. The Labute approximate surface area is 69.3 Å². The first kappa shape index (κ1) is 7.74. The minimum atomic E-state index is -1.78. The highest BCUT2D eigenvalue weighted by atomic mass is 127. The van der Waals surface area contributed by atoms with Crippen molar-refractivity contribution in [3.63, 3.8) is 0 Å². The molecule has 0 amide bonds. The number of nitrogens with zero attached hydrogens (tertiary/aromatic N) is 1. The highest BCUT2D eigenvalue weighted by Gasteiger charge is 2.11. The van der Waals surface area contributed by atoms with Crippen molar-refractivity contribution in [1.82, 2.24) is 5.32 Å². The highest BCUT2D eigenvalue weighted by molar-refractivity contribution is 14.1. The molecule has 1 aliphatic rings. The summed E-state index contributed by atoms with van der Waals surface area (Å²) in [6.07, 6.45) is 0. The van der Waals surface area contributed by atoms with Gasteiger partial charge >= 0.3 is 0 Å². The van der Waals surface area contributed by atoms with Gasteiger partial charge in [-0.3, -0.25) is 0 Å². The van der Waals surface area contributed by atoms with Gasteiger partial charge in [0.25, 0.3) is 0 Å². The summed E-state index contributed by atoms with van der Waals surface area (Å²) in [5.41, 5.74) is 0. The first-order valence-electron chi connectivity index (χ1n) is 2.80. The van der Waals surface area contributed by atoms with Gasteiger partial charge in [0.2, 0.25) is 0 Å². The number of nitrogens with one attached hydrogen (secondary N) is 1. The van der Waals surface area contributed by atoms with Gasteiger partial charge in [0.15, 0.2) is 0 Å². The molecule has 0 aliphatic carbocycles. The lowest BCUT2D eigenvalue weighted by atomic mass is 10.6. The second-order valence-corrected chi connectivity index (χ2v) is 5.68. The van der Waals surface area contributed by atoms with E-state index >= 15 is 0 Å². The van der Waals surface area contributed by atoms with E-state index in [2.05, 4.69) is 7.89 Å². The topological polar surface area (TPSA) is 41.5 Å². The monoisotopic (exact) mass is 260 g/mol. The molecule has 1 saturated heterocycles. The van der Waals surface area contributed by atoms with E-state index in [0.717, 1.165) is 24.6 Å². The Morgan fingerprint density at radius 2 is 2.00 bits per heavy atom. The van der Waals surface area contributed by atoms with E-state index < -0.39 is 9.73 Å². The molecule has 1 rings (SSSR count). The maximum atomic E-state index is 11.4. The predicted molar refractivity (Wildman–Crippen MR) is 47.2 cm³/mol. The van der Waals surface area contributed by atoms with E-state index in [1.165, 1.54) is 0 Å². The fourth-order valence-corrected chi connectivity index (χ4v) is 3.21. The van der Waals surface area contributed by atoms with Gasteiger partial charge in [0, 0.05) is 24.6 Å². The highest BCUT2D eigenvalue weighted by Crippen LogP contribution is 2.03. The Morgan fingerprint density at radius 3 is 2.33 bits per heavy atom. The zero-order valence-corrected chi connectivity index (χ0v) is 7.94. The van der Waals surface area contributed by atoms with Crippen LogP contribution in [0.15, 0.2) is 2.58 Å². The molecular formula is C4H9IN2OS. The predicted octanol–water partition coefficient (Wildman–Crippen LogP) is 0.408. The Kier molecular flexibility index (Phi) is 2.72. The van der Waals surface area contributed by atoms with Crippen LogP contribution < -0.4 is 5.32 Å². The normalized spacial score (nSPS) is 25.4. The quantitative estimate of drug-likeness (QED) is 0.641. The second kappa shape index (κ2) is 3.16. The fourth-order valence-electron chi connectivity index (χ4n) is 0.759. The van der Waals surface area contributed by atoms with E-state index in [9.17, 15) is 4.21 Å². The van der Waals surface area contributed by atoms with E-state index in [4.69, 9.17) is 0 Å². The van der Waals surface area contributed by atoms with Crippen LogP contribution in [0.25, 0.3) is 0 Å². The molecule has 0 radical (unpaired) electrons. The van der Waals surface area contributed by atoms with Gasteiger partial charge in [-0.05, 0) is 0 Å². The standard InChI is InChI=1S/C4H9IN2OS/c5-7-9(8)3-1-6-2-4-9/h6H,1-4H2. The number of hydrogen-bond donors (Lipinski definition) is 1. The lowest BCUT2D eigenvalue weighted by Crippen LogP contribution is -2.35. The summed E-state index contributed by atoms with van der Waals surface area (Å²) >= 11 is 1.85. The van der Waals surface area contributed by atoms with Gasteiger partial charge < -0.3 is 5.32 Å². The van der Waals surface area contributed by atoms with Crippen LogP contribution in [0.3, 0.4) is 0 Å². The van der Waals surface area contributed by atoms with Crippen molar-refractivity contribution in [2.45, 2.75) is 0 Å². The van der Waals surface area contributed by atoms with Crippen molar-refractivity contribution in [3.05, 3.63) is 0 Å². The maximum Gasteiger partial charge on any atom is 0.0952 e. The minimum absolute atomic E-state index is 0.718. The summed E-state index contributed by atoms with van der Waals surface area (Å²) in [5, 5.41) is 3.13. The molecule has 0 aromatic rings. The lowest BCUT2D eigenvalue weighted by Gasteiger charge is -2.14. The Bertz CT molecular complexity index is 185. The van der Waals surface area contributed by atoms with Crippen molar-refractivity contribution in [2.75, 3.05) is 24.6 Å². The molecule has 0 aromatic heterocycles. The van der Waals surface area contributed by atoms with Crippen LogP contribution in [0.5, 0.6) is 0 Å². The van der Waals surface area contributed by atoms with E-state index in [-0.39, 0.29) is 0 Å². The summed E-state index contributed by atoms with van der Waals surface area (Å²) in [6.45, 7) is 1.71. The molecule has 1 N–H and O–H groups in total. The van der Waals surface area contributed by atoms with Gasteiger partial charge in [-0.15, -0.1) is 0 Å². The lowest BCUT2D eigenvalue weighted by molar-refractivity contribution is 0.653. The third kappa shape index (κ3) is 2.05. The Balaban J connectivity index is 2.70. The Hall–Kier alpha value is 0.640. The summed E-state index contributed by atoms with van der Waals surface area (Å²) in [4.78, 5) is 0. The zero-order valence-electron chi connectivity index (χ0n) is 4.97. The molecule has 0 bridgehead atoms. The molecular weight excluding hydrogens is 251 g/mol. The summed E-state index contributed by atoms with van der Waals surface area (Å²) in [5.74, 6) is 1.44. The molecule has 0 unspecified atom stereocenters. The fraction of sp³-hybridized carbons (Fsp3) is 1.00. The van der Waals surface area contributed by atoms with Crippen molar-refractivity contribution < 1.29 is 4.21 Å². The molecule has 3 nitrogen and oxygen atoms in total. The van der Waals surface area contributed by atoms with E-state index in [1.807, 2.05) is 22.9 Å². The molecule has 0 spiro atoms. The van der Waals surface area contributed by atoms with Crippen LogP contribution in [0.1, 0.15) is 0 Å². The summed E-state index contributed by atoms with van der Waals surface area (Å²) in [7, 11) is -1.78. The molecule has 1 aliphatic heterocycles. The number of rotatable bonds is 0. The van der Waals surface area contributed by atoms with Gasteiger partial charge in [-0.1, -0.05) is 0 Å². The van der Waals surface area contributed by atoms with Crippen LogP contribution in [-0.4, -0.2) is 28.8 Å². The first-order valence-corrected chi connectivity index (χ1v) is 5.62. The zero-order chi connectivity index (χ0) is 6.74. The van der Waals surface area contributed by atoms with Gasteiger partial charge in [-0.2, -0.15) is 2.58 Å². The molecule has 0 atom stereocenters. The van der Waals surface area contributed by atoms with Crippen molar-refractivity contribution in [3.8, 4) is 0 Å². The second-order valence-electron chi connectivity index (χ2n) is 2.00. The van der Waals surface area contributed by atoms with Crippen LogP contribution in [-0.2, 0) is 9.73 Å². The van der Waals surface area contributed by atoms with Crippen molar-refractivity contribution in [2.24, 2.45) is 2.58 Å². The van der Waals surface area contributed by atoms with E-state index in [0.29, 0.717) is 0 Å². The maximum absolute atomic E-state index is 11.4. The largest absolute Gasteiger partial charge is 0.315 e. The molecule has 9 heavy (non-hydrogen) atoms. The van der Waals surface area contributed by atoms with Crippen LogP contribution in [0.4, 0.5) is 0 Å². The van der Waals surface area contributed by atoms with E-state index in [1.54, 1.807) is 0 Å². The minimum Gasteiger partial charge on any atom is -0.315 e. The van der Waals surface area contributed by atoms with Crippen molar-refractivity contribution >= 4 is 32.6 Å². The third-order valence-corrected chi connectivity index (χ3v) is 5.41. The summed E-state index contributed by atoms with van der Waals surface area (Å²) in [6, 6.07) is 0. The average Bonchev–Trinajstić information content (AvgIpc) is 1.90. The molecule has 5 heteroatoms. The third-order valence-electron chi connectivity index (χ3n) is 1.32. The van der Waals surface area contributed by atoms with Crippen molar-refractivity contribution in [1.29, 1.82) is 0 Å². The summed E-state index contributed by atoms with van der Waals surface area (Å²) < 4.78 is 15.2. The molecule has 1 fully saturated rings. The van der Waals surface area contributed by atoms with Gasteiger partial charge in [0.05, 0.1) is 32.6 Å². The van der Waals surface area contributed by atoms with Gasteiger partial charge in [-0.25, -0.2) is 4.21 Å². The van der Waals surface area contributed by atoms with Crippen LogP contribution in [0, 0.1) is 0 Å². The smallest absolute Gasteiger partial charge is 0.0952 e. The SMILES string of the molecule is O=S1(=NI)CCNCC1. The first-order chi connectivity index (χ1) is 4.27. The Morgan fingerprint density at radius 1 is 1.44 bits per heavy atom. The number of hydrogen-bond acceptors (Lipinski definition) is 3. The van der Waals surface area contributed by atoms with Crippen LogP contribution in [0.2, 0.25) is 0 Å². The molecule has 54 valence electrons. The average molecular weight is 260 g/mol. The van der Waals surface area contributed by atoms with Gasteiger partial charge in [0.1, 0.15) is 0 Å².